The van der Waals surface area contributed by atoms with Crippen molar-refractivity contribution in [1.82, 2.24) is 10.3 Å². The maximum Gasteiger partial charge on any atom is 0.307 e. The Kier molecular flexibility index (Phi) is 4.65. The molecular formula is C15H16N2O3. The van der Waals surface area contributed by atoms with E-state index in [1.54, 1.807) is 13.0 Å². The summed E-state index contributed by atoms with van der Waals surface area (Å²) in [6, 6.07) is 11.1. The van der Waals surface area contributed by atoms with Gasteiger partial charge in [-0.3, -0.25) is 9.59 Å². The zero-order valence-electron chi connectivity index (χ0n) is 11.3. The number of ether oxygens (including phenoxy) is 1. The molecule has 5 nitrogen and oxygen atoms in total. The number of nitrogens with zero attached hydrogens (tertiary/aromatic N) is 1. The van der Waals surface area contributed by atoms with Gasteiger partial charge < -0.3 is 10.1 Å². The lowest BCUT2D eigenvalue weighted by atomic mass is 10.2. The van der Waals surface area contributed by atoms with Crippen LogP contribution >= 0.6 is 0 Å². The number of benzene rings is 1. The molecule has 0 radical (unpaired) electrons. The van der Waals surface area contributed by atoms with Gasteiger partial charge in [-0.1, -0.05) is 24.3 Å². The van der Waals surface area contributed by atoms with Gasteiger partial charge in [0.2, 0.25) is 0 Å². The summed E-state index contributed by atoms with van der Waals surface area (Å²) in [5.41, 5.74) is 1.11. The Bertz CT molecular complexity index is 625. The minimum Gasteiger partial charge on any atom is -0.466 e. The number of hydrogen-bond donors (Lipinski definition) is 1. The minimum absolute atomic E-state index is 0.160. The van der Waals surface area contributed by atoms with E-state index in [9.17, 15) is 9.59 Å². The van der Waals surface area contributed by atoms with E-state index in [-0.39, 0.29) is 24.8 Å². The van der Waals surface area contributed by atoms with Gasteiger partial charge in [0.25, 0.3) is 5.91 Å². The smallest absolute Gasteiger partial charge is 0.307 e. The number of carbonyl (C=O) groups is 2. The predicted molar refractivity (Wildman–Crippen MR) is 75.3 cm³/mol. The molecule has 1 aromatic heterocycles. The Morgan fingerprint density at radius 2 is 2.00 bits per heavy atom. The fraction of sp³-hybridized carbons (Fsp3) is 0.267. The van der Waals surface area contributed by atoms with Gasteiger partial charge in [0, 0.05) is 11.9 Å². The van der Waals surface area contributed by atoms with Gasteiger partial charge in [0.1, 0.15) is 5.69 Å². The monoisotopic (exact) mass is 272 g/mol. The lowest BCUT2D eigenvalue weighted by Crippen LogP contribution is -2.27. The molecular weight excluding hydrogens is 256 g/mol. The molecule has 0 bridgehead atoms. The number of aromatic nitrogens is 1. The number of nitrogens with one attached hydrogen (secondary N) is 1. The molecule has 0 saturated heterocycles. The van der Waals surface area contributed by atoms with Gasteiger partial charge in [-0.2, -0.15) is 0 Å². The number of hydrogen-bond acceptors (Lipinski definition) is 4. The summed E-state index contributed by atoms with van der Waals surface area (Å²) in [6.07, 6.45) is 0.160. The van der Waals surface area contributed by atoms with E-state index in [1.165, 1.54) is 0 Å². The normalized spacial score (nSPS) is 10.2. The lowest BCUT2D eigenvalue weighted by Gasteiger charge is -2.05. The summed E-state index contributed by atoms with van der Waals surface area (Å²) < 4.78 is 4.78. The predicted octanol–water partition coefficient (Wildman–Crippen LogP) is 1.92. The molecule has 0 spiro atoms. The van der Waals surface area contributed by atoms with Crippen molar-refractivity contribution in [1.29, 1.82) is 0 Å². The lowest BCUT2D eigenvalue weighted by molar-refractivity contribution is -0.142. The number of pyridine rings is 1. The van der Waals surface area contributed by atoms with E-state index in [2.05, 4.69) is 10.3 Å². The Hall–Kier alpha value is -2.43. The molecule has 1 aromatic carbocycles. The van der Waals surface area contributed by atoms with Crippen LogP contribution in [0, 0.1) is 0 Å². The number of carbonyl (C=O) groups excluding carboxylic acids is 2. The Balaban J connectivity index is 1.95. The molecule has 20 heavy (non-hydrogen) atoms. The number of fused-ring (bicyclic) bond motifs is 1. The highest BCUT2D eigenvalue weighted by molar-refractivity contribution is 5.95. The first-order chi connectivity index (χ1) is 9.70. The molecule has 0 saturated carbocycles. The average Bonchev–Trinajstić information content (AvgIpc) is 2.47. The van der Waals surface area contributed by atoms with Crippen LogP contribution in [0.25, 0.3) is 10.9 Å². The van der Waals surface area contributed by atoms with Crippen molar-refractivity contribution >= 4 is 22.8 Å². The van der Waals surface area contributed by atoms with Crippen LogP contribution in [0.3, 0.4) is 0 Å². The van der Waals surface area contributed by atoms with E-state index in [0.29, 0.717) is 12.3 Å². The highest BCUT2D eigenvalue weighted by Crippen LogP contribution is 2.11. The highest BCUT2D eigenvalue weighted by Gasteiger charge is 2.09. The molecule has 1 heterocycles. The van der Waals surface area contributed by atoms with Crippen molar-refractivity contribution in [3.05, 3.63) is 42.1 Å². The number of amides is 1. The van der Waals surface area contributed by atoms with Crippen LogP contribution in [0.1, 0.15) is 23.8 Å². The fourth-order valence-electron chi connectivity index (χ4n) is 1.79. The molecule has 1 amide bonds. The second kappa shape index (κ2) is 6.65. The van der Waals surface area contributed by atoms with Gasteiger partial charge in [0.15, 0.2) is 0 Å². The maximum absolute atomic E-state index is 11.9. The van der Waals surface area contributed by atoms with Gasteiger partial charge in [-0.05, 0) is 19.1 Å². The first-order valence-electron chi connectivity index (χ1n) is 6.50. The largest absolute Gasteiger partial charge is 0.466 e. The zero-order chi connectivity index (χ0) is 14.4. The first kappa shape index (κ1) is 14.0. The molecule has 0 unspecified atom stereocenters. The SMILES string of the molecule is CCOC(=O)CCNC(=O)c1ccc2ccccc2n1. The van der Waals surface area contributed by atoms with Crippen LogP contribution in [-0.4, -0.2) is 30.0 Å². The first-order valence-corrected chi connectivity index (χ1v) is 6.50. The molecule has 5 heteroatoms. The topological polar surface area (TPSA) is 68.3 Å². The number of rotatable bonds is 5. The van der Waals surface area contributed by atoms with Gasteiger partial charge in [0.05, 0.1) is 18.5 Å². The Morgan fingerprint density at radius 3 is 2.80 bits per heavy atom. The van der Waals surface area contributed by atoms with E-state index < -0.39 is 0 Å². The molecule has 0 atom stereocenters. The third-order valence-electron chi connectivity index (χ3n) is 2.75. The van der Waals surface area contributed by atoms with Crippen LogP contribution in [0.2, 0.25) is 0 Å². The van der Waals surface area contributed by atoms with Gasteiger partial charge in [-0.25, -0.2) is 4.98 Å². The molecule has 0 aliphatic rings. The fourth-order valence-corrected chi connectivity index (χ4v) is 1.79. The van der Waals surface area contributed by atoms with Crippen LogP contribution in [0.15, 0.2) is 36.4 Å². The van der Waals surface area contributed by atoms with Crippen LogP contribution in [0.5, 0.6) is 0 Å². The average molecular weight is 272 g/mol. The Labute approximate surface area is 117 Å². The maximum atomic E-state index is 11.9. The molecule has 0 fully saturated rings. The minimum atomic E-state index is -0.320. The van der Waals surface area contributed by atoms with E-state index in [0.717, 1.165) is 10.9 Å². The quantitative estimate of drug-likeness (QED) is 0.844. The van der Waals surface area contributed by atoms with E-state index in [4.69, 9.17) is 4.74 Å². The number of para-hydroxylation sites is 1. The van der Waals surface area contributed by atoms with Crippen molar-refractivity contribution in [3.63, 3.8) is 0 Å². The van der Waals surface area contributed by atoms with E-state index in [1.807, 2.05) is 30.3 Å². The van der Waals surface area contributed by atoms with Gasteiger partial charge in [-0.15, -0.1) is 0 Å². The standard InChI is InChI=1S/C15H16N2O3/c1-2-20-14(18)9-10-16-15(19)13-8-7-11-5-3-4-6-12(11)17-13/h3-8H,2,9-10H2,1H3,(H,16,19). The summed E-state index contributed by atoms with van der Waals surface area (Å²) in [5.74, 6) is -0.612. The van der Waals surface area contributed by atoms with Crippen molar-refractivity contribution in [2.24, 2.45) is 0 Å². The second-order valence-corrected chi connectivity index (χ2v) is 4.20. The molecule has 104 valence electrons. The van der Waals surface area contributed by atoms with E-state index >= 15 is 0 Å². The van der Waals surface area contributed by atoms with Gasteiger partial charge >= 0.3 is 5.97 Å². The van der Waals surface area contributed by atoms with Crippen LogP contribution in [-0.2, 0) is 9.53 Å². The molecule has 0 aliphatic carbocycles. The Morgan fingerprint density at radius 1 is 1.20 bits per heavy atom. The molecule has 1 N–H and O–H groups in total. The van der Waals surface area contributed by atoms with Crippen molar-refractivity contribution in [2.75, 3.05) is 13.2 Å². The summed E-state index contributed by atoms with van der Waals surface area (Å²) in [5, 5.41) is 3.63. The van der Waals surface area contributed by atoms with Crippen LogP contribution in [0.4, 0.5) is 0 Å². The third-order valence-corrected chi connectivity index (χ3v) is 2.75. The molecule has 2 aromatic rings. The van der Waals surface area contributed by atoms with Crippen molar-refractivity contribution < 1.29 is 14.3 Å². The summed E-state index contributed by atoms with van der Waals surface area (Å²) in [7, 11) is 0. The van der Waals surface area contributed by atoms with Crippen LogP contribution < -0.4 is 5.32 Å². The highest BCUT2D eigenvalue weighted by atomic mass is 16.5. The molecule has 0 aliphatic heterocycles. The second-order valence-electron chi connectivity index (χ2n) is 4.20. The van der Waals surface area contributed by atoms with Crippen molar-refractivity contribution in [3.8, 4) is 0 Å². The third kappa shape index (κ3) is 3.54. The van der Waals surface area contributed by atoms with Crippen molar-refractivity contribution in [2.45, 2.75) is 13.3 Å². The summed E-state index contributed by atoms with van der Waals surface area (Å²) >= 11 is 0. The summed E-state index contributed by atoms with van der Waals surface area (Å²) in [4.78, 5) is 27.3. The summed E-state index contributed by atoms with van der Waals surface area (Å²) in [6.45, 7) is 2.33. The molecule has 2 rings (SSSR count). The zero-order valence-corrected chi connectivity index (χ0v) is 11.3. The number of esters is 1.